The van der Waals surface area contributed by atoms with E-state index >= 15 is 0 Å². The van der Waals surface area contributed by atoms with Crippen molar-refractivity contribution in [3.8, 4) is 5.75 Å². The predicted molar refractivity (Wildman–Crippen MR) is 55.6 cm³/mol. The van der Waals surface area contributed by atoms with Crippen LogP contribution < -0.4 is 10.5 Å². The first-order chi connectivity index (χ1) is 7.11. The van der Waals surface area contributed by atoms with Gasteiger partial charge in [0.2, 0.25) is 5.82 Å². The van der Waals surface area contributed by atoms with Gasteiger partial charge in [0, 0.05) is 5.56 Å². The van der Waals surface area contributed by atoms with Gasteiger partial charge in [0.25, 0.3) is 0 Å². The summed E-state index contributed by atoms with van der Waals surface area (Å²) < 4.78 is 31.0. The highest BCUT2D eigenvalue weighted by atomic mass is 19.2. The highest BCUT2D eigenvalue weighted by molar-refractivity contribution is 5.69. The number of hydrogen-bond donors (Lipinski definition) is 1. The van der Waals surface area contributed by atoms with E-state index in [0.717, 1.165) is 6.07 Å². The molecular formula is C11H13F2NO. The molecule has 4 heteroatoms. The normalized spacial score (nSPS) is 10.1. The second-order valence-corrected chi connectivity index (χ2v) is 3.08. The summed E-state index contributed by atoms with van der Waals surface area (Å²) in [6, 6.07) is 2.49. The largest absolute Gasteiger partial charge is 0.493 e. The van der Waals surface area contributed by atoms with Crippen molar-refractivity contribution < 1.29 is 13.5 Å². The second kappa shape index (κ2) is 4.89. The molecule has 0 aromatic heterocycles. The Bertz CT molecular complexity index is 377. The third-order valence-corrected chi connectivity index (χ3v) is 2.08. The number of benzene rings is 1. The van der Waals surface area contributed by atoms with E-state index in [1.807, 2.05) is 0 Å². The van der Waals surface area contributed by atoms with E-state index in [9.17, 15) is 8.78 Å². The molecule has 0 unspecified atom stereocenters. The summed E-state index contributed by atoms with van der Waals surface area (Å²) >= 11 is 0. The molecule has 0 amide bonds. The quantitative estimate of drug-likeness (QED) is 0.833. The van der Waals surface area contributed by atoms with Crippen molar-refractivity contribution in [1.82, 2.24) is 0 Å². The predicted octanol–water partition coefficient (Wildman–Crippen LogP) is 2.34. The topological polar surface area (TPSA) is 35.2 Å². The van der Waals surface area contributed by atoms with Crippen LogP contribution in [0, 0.1) is 11.6 Å². The Morgan fingerprint density at radius 3 is 2.67 bits per heavy atom. The average Bonchev–Trinajstić information content (AvgIpc) is 2.22. The highest BCUT2D eigenvalue weighted by Gasteiger charge is 2.15. The summed E-state index contributed by atoms with van der Waals surface area (Å²) in [5, 5.41) is 0. The van der Waals surface area contributed by atoms with Crippen molar-refractivity contribution in [2.75, 3.05) is 13.7 Å². The summed E-state index contributed by atoms with van der Waals surface area (Å²) in [4.78, 5) is 0. The Labute approximate surface area is 87.4 Å². The number of rotatable bonds is 4. The summed E-state index contributed by atoms with van der Waals surface area (Å²) in [6.07, 6.45) is 0.515. The minimum absolute atomic E-state index is 0.117. The van der Waals surface area contributed by atoms with Crippen LogP contribution >= 0.6 is 0 Å². The van der Waals surface area contributed by atoms with Crippen molar-refractivity contribution in [3.05, 3.63) is 35.9 Å². The fourth-order valence-corrected chi connectivity index (χ4v) is 1.32. The SMILES string of the molecule is C=C(CCN)c1ccc(F)c(F)c1OC. The molecule has 0 saturated carbocycles. The molecular weight excluding hydrogens is 200 g/mol. The summed E-state index contributed by atoms with van der Waals surface area (Å²) in [5.41, 5.74) is 6.45. The fourth-order valence-electron chi connectivity index (χ4n) is 1.32. The number of halogens is 2. The third kappa shape index (κ3) is 2.33. The van der Waals surface area contributed by atoms with Crippen LogP contribution in [0.1, 0.15) is 12.0 Å². The van der Waals surface area contributed by atoms with E-state index in [4.69, 9.17) is 10.5 Å². The van der Waals surface area contributed by atoms with Gasteiger partial charge in [-0.2, -0.15) is 4.39 Å². The van der Waals surface area contributed by atoms with Crippen molar-refractivity contribution in [3.63, 3.8) is 0 Å². The van der Waals surface area contributed by atoms with Gasteiger partial charge < -0.3 is 10.5 Å². The molecule has 2 N–H and O–H groups in total. The highest BCUT2D eigenvalue weighted by Crippen LogP contribution is 2.30. The van der Waals surface area contributed by atoms with E-state index in [2.05, 4.69) is 6.58 Å². The molecule has 0 bridgehead atoms. The van der Waals surface area contributed by atoms with Gasteiger partial charge in [-0.1, -0.05) is 6.58 Å². The summed E-state index contributed by atoms with van der Waals surface area (Å²) in [7, 11) is 1.29. The van der Waals surface area contributed by atoms with Crippen molar-refractivity contribution in [2.24, 2.45) is 5.73 Å². The Morgan fingerprint density at radius 1 is 1.47 bits per heavy atom. The van der Waals surface area contributed by atoms with E-state index < -0.39 is 11.6 Å². The Morgan fingerprint density at radius 2 is 2.13 bits per heavy atom. The molecule has 0 atom stereocenters. The van der Waals surface area contributed by atoms with E-state index in [1.54, 1.807) is 0 Å². The first-order valence-corrected chi connectivity index (χ1v) is 4.52. The van der Waals surface area contributed by atoms with Gasteiger partial charge >= 0.3 is 0 Å². The molecule has 1 rings (SSSR count). The van der Waals surface area contributed by atoms with Crippen LogP contribution in [-0.4, -0.2) is 13.7 Å². The molecule has 0 aliphatic heterocycles. The molecule has 0 fully saturated rings. The maximum atomic E-state index is 13.3. The monoisotopic (exact) mass is 213 g/mol. The second-order valence-electron chi connectivity index (χ2n) is 3.08. The standard InChI is InChI=1S/C11H13F2NO/c1-7(5-6-14)8-3-4-9(12)10(13)11(8)15-2/h3-4H,1,5-6,14H2,2H3. The molecule has 0 spiro atoms. The van der Waals surface area contributed by atoms with Crippen LogP contribution in [-0.2, 0) is 0 Å². The van der Waals surface area contributed by atoms with Gasteiger partial charge in [0.15, 0.2) is 11.6 Å². The molecule has 0 radical (unpaired) electrons. The number of nitrogens with two attached hydrogens (primary N) is 1. The first kappa shape index (κ1) is 11.7. The molecule has 1 aromatic carbocycles. The minimum Gasteiger partial charge on any atom is -0.493 e. The molecule has 1 aromatic rings. The number of ether oxygens (including phenoxy) is 1. The minimum atomic E-state index is -0.992. The Kier molecular flexibility index (Phi) is 3.80. The van der Waals surface area contributed by atoms with E-state index in [0.29, 0.717) is 24.1 Å². The van der Waals surface area contributed by atoms with Crippen LogP contribution in [0.25, 0.3) is 5.57 Å². The van der Waals surface area contributed by atoms with Gasteiger partial charge in [0.05, 0.1) is 7.11 Å². The summed E-state index contributed by atoms with van der Waals surface area (Å²) in [6.45, 7) is 4.15. The number of hydrogen-bond acceptors (Lipinski definition) is 2. The van der Waals surface area contributed by atoms with Crippen molar-refractivity contribution >= 4 is 5.57 Å². The van der Waals surface area contributed by atoms with Crippen LogP contribution in [0.2, 0.25) is 0 Å². The maximum Gasteiger partial charge on any atom is 0.201 e. The van der Waals surface area contributed by atoms with Crippen LogP contribution in [0.5, 0.6) is 5.75 Å². The molecule has 0 heterocycles. The molecule has 0 aliphatic carbocycles. The zero-order chi connectivity index (χ0) is 11.4. The van der Waals surface area contributed by atoms with Gasteiger partial charge in [0.1, 0.15) is 0 Å². The molecule has 82 valence electrons. The van der Waals surface area contributed by atoms with E-state index in [-0.39, 0.29) is 5.75 Å². The Hall–Kier alpha value is -1.42. The van der Waals surface area contributed by atoms with Gasteiger partial charge in [-0.05, 0) is 30.7 Å². The van der Waals surface area contributed by atoms with Crippen LogP contribution in [0.4, 0.5) is 8.78 Å². The lowest BCUT2D eigenvalue weighted by molar-refractivity contribution is 0.370. The van der Waals surface area contributed by atoms with Crippen molar-refractivity contribution in [2.45, 2.75) is 6.42 Å². The lowest BCUT2D eigenvalue weighted by Crippen LogP contribution is -2.02. The smallest absolute Gasteiger partial charge is 0.201 e. The lowest BCUT2D eigenvalue weighted by atomic mass is 10.0. The molecule has 0 aliphatic rings. The fraction of sp³-hybridized carbons (Fsp3) is 0.273. The van der Waals surface area contributed by atoms with Crippen LogP contribution in [0.3, 0.4) is 0 Å². The maximum absolute atomic E-state index is 13.3. The molecule has 15 heavy (non-hydrogen) atoms. The van der Waals surface area contributed by atoms with Gasteiger partial charge in [-0.15, -0.1) is 0 Å². The lowest BCUT2D eigenvalue weighted by Gasteiger charge is -2.11. The van der Waals surface area contributed by atoms with Gasteiger partial charge in [-0.25, -0.2) is 4.39 Å². The molecule has 2 nitrogen and oxygen atoms in total. The number of methoxy groups -OCH3 is 1. The van der Waals surface area contributed by atoms with E-state index in [1.165, 1.54) is 13.2 Å². The van der Waals surface area contributed by atoms with Crippen LogP contribution in [0.15, 0.2) is 18.7 Å². The first-order valence-electron chi connectivity index (χ1n) is 4.52. The molecule has 0 saturated heterocycles. The average molecular weight is 213 g/mol. The third-order valence-electron chi connectivity index (χ3n) is 2.08. The van der Waals surface area contributed by atoms with Gasteiger partial charge in [-0.3, -0.25) is 0 Å². The van der Waals surface area contributed by atoms with Crippen molar-refractivity contribution in [1.29, 1.82) is 0 Å². The Balaban J connectivity index is 3.18. The zero-order valence-electron chi connectivity index (χ0n) is 8.52. The zero-order valence-corrected chi connectivity index (χ0v) is 8.52. The summed E-state index contributed by atoms with van der Waals surface area (Å²) in [5.74, 6) is -2.04.